The molecule has 0 saturated carbocycles. The second kappa shape index (κ2) is 7.11. The van der Waals surface area contributed by atoms with Crippen LogP contribution in [-0.4, -0.2) is 16.0 Å². The van der Waals surface area contributed by atoms with Crippen molar-refractivity contribution in [1.82, 2.24) is 10.1 Å². The SMILES string of the molecule is Cc1ccc(N)cc1NC(=O)c1cc(C(C)C)nc2onc(C)c12.Cl. The number of hydrogen-bond acceptors (Lipinski definition) is 5. The molecule has 25 heavy (non-hydrogen) atoms. The van der Waals surface area contributed by atoms with Crippen LogP contribution in [0.3, 0.4) is 0 Å². The molecule has 0 saturated heterocycles. The molecular formula is C18H21ClN4O2. The Balaban J connectivity index is 0.00000225. The van der Waals surface area contributed by atoms with E-state index in [1.807, 2.05) is 26.8 Å². The van der Waals surface area contributed by atoms with E-state index in [9.17, 15) is 4.79 Å². The van der Waals surface area contributed by atoms with Crippen molar-refractivity contribution in [3.05, 3.63) is 46.8 Å². The van der Waals surface area contributed by atoms with E-state index in [0.717, 1.165) is 11.3 Å². The first kappa shape index (κ1) is 18.7. The van der Waals surface area contributed by atoms with Gasteiger partial charge >= 0.3 is 0 Å². The number of nitrogens with two attached hydrogens (primary N) is 1. The van der Waals surface area contributed by atoms with Gasteiger partial charge in [0.15, 0.2) is 0 Å². The Morgan fingerprint density at radius 2 is 1.96 bits per heavy atom. The number of fused-ring (bicyclic) bond motifs is 1. The first-order valence-corrected chi connectivity index (χ1v) is 7.81. The zero-order chi connectivity index (χ0) is 17.4. The van der Waals surface area contributed by atoms with Crippen LogP contribution in [0.1, 0.15) is 47.1 Å². The van der Waals surface area contributed by atoms with Crippen LogP contribution in [0.2, 0.25) is 0 Å². The zero-order valence-electron chi connectivity index (χ0n) is 14.6. The predicted molar refractivity (Wildman–Crippen MR) is 101 cm³/mol. The minimum absolute atomic E-state index is 0. The highest BCUT2D eigenvalue weighted by Gasteiger charge is 2.20. The van der Waals surface area contributed by atoms with Gasteiger partial charge in [0.1, 0.15) is 0 Å². The van der Waals surface area contributed by atoms with Crippen LogP contribution in [0.25, 0.3) is 11.1 Å². The fourth-order valence-electron chi connectivity index (χ4n) is 2.55. The third kappa shape index (κ3) is 3.58. The highest BCUT2D eigenvalue weighted by Crippen LogP contribution is 2.26. The molecule has 2 aromatic heterocycles. The summed E-state index contributed by atoms with van der Waals surface area (Å²) in [5.74, 6) is -0.0650. The van der Waals surface area contributed by atoms with E-state index in [2.05, 4.69) is 15.5 Å². The van der Waals surface area contributed by atoms with Crippen molar-refractivity contribution >= 4 is 40.8 Å². The van der Waals surface area contributed by atoms with Gasteiger partial charge in [-0.1, -0.05) is 25.1 Å². The standard InChI is InChI=1S/C18H20N4O2.ClH/c1-9(2)14-8-13(16-11(4)22-24-18(16)21-14)17(23)20-15-7-12(19)6-5-10(15)3;/h5-9H,19H2,1-4H3,(H,20,23);1H. The van der Waals surface area contributed by atoms with Gasteiger partial charge in [-0.3, -0.25) is 4.79 Å². The molecule has 6 nitrogen and oxygen atoms in total. The summed E-state index contributed by atoms with van der Waals surface area (Å²) in [6.45, 7) is 7.74. The van der Waals surface area contributed by atoms with Crippen LogP contribution in [-0.2, 0) is 0 Å². The summed E-state index contributed by atoms with van der Waals surface area (Å²) in [6.07, 6.45) is 0. The van der Waals surface area contributed by atoms with Crippen molar-refractivity contribution in [3.8, 4) is 0 Å². The maximum atomic E-state index is 12.9. The van der Waals surface area contributed by atoms with Gasteiger partial charge in [-0.2, -0.15) is 0 Å². The number of aryl methyl sites for hydroxylation is 2. The molecule has 3 N–H and O–H groups in total. The number of carbonyl (C=O) groups is 1. The molecule has 0 aliphatic rings. The number of aromatic nitrogens is 2. The van der Waals surface area contributed by atoms with Gasteiger partial charge in [-0.05, 0) is 43.5 Å². The van der Waals surface area contributed by atoms with Crippen LogP contribution >= 0.6 is 12.4 Å². The molecule has 7 heteroatoms. The second-order valence-corrected chi connectivity index (χ2v) is 6.23. The second-order valence-electron chi connectivity index (χ2n) is 6.23. The van der Waals surface area contributed by atoms with Crippen molar-refractivity contribution in [2.45, 2.75) is 33.6 Å². The number of benzene rings is 1. The number of amides is 1. The van der Waals surface area contributed by atoms with Gasteiger partial charge in [0.05, 0.1) is 16.6 Å². The molecule has 0 bridgehead atoms. The van der Waals surface area contributed by atoms with Gasteiger partial charge in [0.2, 0.25) is 0 Å². The Bertz CT molecular complexity index is 934. The molecular weight excluding hydrogens is 340 g/mol. The average molecular weight is 361 g/mol. The van der Waals surface area contributed by atoms with Gasteiger partial charge in [0, 0.05) is 17.1 Å². The van der Waals surface area contributed by atoms with E-state index in [-0.39, 0.29) is 24.2 Å². The van der Waals surface area contributed by atoms with Crippen molar-refractivity contribution in [3.63, 3.8) is 0 Å². The number of nitrogens with one attached hydrogen (secondary N) is 1. The highest BCUT2D eigenvalue weighted by molar-refractivity contribution is 6.12. The molecule has 0 spiro atoms. The summed E-state index contributed by atoms with van der Waals surface area (Å²) in [5.41, 5.74) is 10.4. The topological polar surface area (TPSA) is 94.0 Å². The molecule has 3 aromatic rings. The van der Waals surface area contributed by atoms with Crippen LogP contribution in [0, 0.1) is 13.8 Å². The van der Waals surface area contributed by atoms with E-state index in [1.165, 1.54) is 0 Å². The number of rotatable bonds is 3. The molecule has 0 fully saturated rings. The lowest BCUT2D eigenvalue weighted by atomic mass is 10.0. The monoisotopic (exact) mass is 360 g/mol. The number of carbonyl (C=O) groups excluding carboxylic acids is 1. The summed E-state index contributed by atoms with van der Waals surface area (Å²) in [5, 5.41) is 7.50. The lowest BCUT2D eigenvalue weighted by molar-refractivity contribution is 0.102. The van der Waals surface area contributed by atoms with Gasteiger partial charge in [-0.25, -0.2) is 4.98 Å². The van der Waals surface area contributed by atoms with Crippen LogP contribution in [0.15, 0.2) is 28.8 Å². The molecule has 132 valence electrons. The van der Waals surface area contributed by atoms with Gasteiger partial charge in [0.25, 0.3) is 11.6 Å². The summed E-state index contributed by atoms with van der Waals surface area (Å²) < 4.78 is 5.26. The minimum Gasteiger partial charge on any atom is -0.399 e. The lowest BCUT2D eigenvalue weighted by Crippen LogP contribution is -2.14. The Labute approximate surface area is 152 Å². The largest absolute Gasteiger partial charge is 0.399 e. The number of nitrogens with zero attached hydrogens (tertiary/aromatic N) is 2. The molecule has 0 aliphatic heterocycles. The number of nitrogen functional groups attached to an aromatic ring is 1. The fourth-order valence-corrected chi connectivity index (χ4v) is 2.55. The summed E-state index contributed by atoms with van der Waals surface area (Å²) in [6, 6.07) is 7.22. The molecule has 2 heterocycles. The van der Waals surface area contributed by atoms with E-state index >= 15 is 0 Å². The zero-order valence-corrected chi connectivity index (χ0v) is 15.4. The summed E-state index contributed by atoms with van der Waals surface area (Å²) in [7, 11) is 0. The first-order chi connectivity index (χ1) is 11.4. The predicted octanol–water partition coefficient (Wildman–Crippen LogP) is 4.22. The Morgan fingerprint density at radius 1 is 1.24 bits per heavy atom. The first-order valence-electron chi connectivity index (χ1n) is 7.81. The maximum absolute atomic E-state index is 12.9. The summed E-state index contributed by atoms with van der Waals surface area (Å²) in [4.78, 5) is 17.3. The maximum Gasteiger partial charge on any atom is 0.259 e. The van der Waals surface area contributed by atoms with Crippen molar-refractivity contribution in [2.24, 2.45) is 0 Å². The minimum atomic E-state index is -0.232. The third-order valence-corrected chi connectivity index (χ3v) is 3.98. The van der Waals surface area contributed by atoms with Crippen LogP contribution in [0.5, 0.6) is 0 Å². The molecule has 1 amide bonds. The highest BCUT2D eigenvalue weighted by atomic mass is 35.5. The van der Waals surface area contributed by atoms with Crippen molar-refractivity contribution in [1.29, 1.82) is 0 Å². The van der Waals surface area contributed by atoms with Crippen molar-refractivity contribution < 1.29 is 9.32 Å². The number of hydrogen-bond donors (Lipinski definition) is 2. The fraction of sp³-hybridized carbons (Fsp3) is 0.278. The Kier molecular flexibility index (Phi) is 5.33. The third-order valence-electron chi connectivity index (χ3n) is 3.98. The van der Waals surface area contributed by atoms with E-state index in [0.29, 0.717) is 33.7 Å². The lowest BCUT2D eigenvalue weighted by Gasteiger charge is -2.11. The molecule has 0 aliphatic carbocycles. The van der Waals surface area contributed by atoms with Crippen LogP contribution < -0.4 is 11.1 Å². The molecule has 3 rings (SSSR count). The molecule has 0 atom stereocenters. The normalized spacial score (nSPS) is 10.8. The van der Waals surface area contributed by atoms with E-state index in [4.69, 9.17) is 10.3 Å². The number of halogens is 1. The Morgan fingerprint density at radius 3 is 2.64 bits per heavy atom. The quantitative estimate of drug-likeness (QED) is 0.682. The molecule has 0 unspecified atom stereocenters. The van der Waals surface area contributed by atoms with Crippen molar-refractivity contribution in [2.75, 3.05) is 11.1 Å². The Hall–Kier alpha value is -2.60. The van der Waals surface area contributed by atoms with E-state index in [1.54, 1.807) is 25.1 Å². The average Bonchev–Trinajstić information content (AvgIpc) is 2.91. The number of anilines is 2. The molecule has 1 aromatic carbocycles. The van der Waals surface area contributed by atoms with E-state index < -0.39 is 0 Å². The van der Waals surface area contributed by atoms with Gasteiger partial charge < -0.3 is 15.6 Å². The van der Waals surface area contributed by atoms with Gasteiger partial charge in [-0.15, -0.1) is 12.4 Å². The summed E-state index contributed by atoms with van der Waals surface area (Å²) >= 11 is 0. The number of pyridine rings is 1. The molecule has 0 radical (unpaired) electrons. The van der Waals surface area contributed by atoms with Crippen LogP contribution in [0.4, 0.5) is 11.4 Å². The smallest absolute Gasteiger partial charge is 0.259 e.